The molecule has 2 rings (SSSR count). The van der Waals surface area contributed by atoms with Gasteiger partial charge in [0, 0.05) is 19.6 Å². The minimum atomic E-state index is -1.11. The lowest BCUT2D eigenvalue weighted by Gasteiger charge is -2.34. The molecule has 0 radical (unpaired) electrons. The van der Waals surface area contributed by atoms with Crippen LogP contribution in [-0.2, 0) is 4.79 Å². The SMILES string of the molecule is N#CC1(C(=O)O)CCN(CC2CC2)CC1. The Hall–Kier alpha value is -1.08. The summed E-state index contributed by atoms with van der Waals surface area (Å²) < 4.78 is 0. The molecular weight excluding hydrogens is 192 g/mol. The number of likely N-dealkylation sites (tertiary alicyclic amines) is 1. The van der Waals surface area contributed by atoms with Gasteiger partial charge in [0.1, 0.15) is 0 Å². The van der Waals surface area contributed by atoms with Crippen molar-refractivity contribution in [2.24, 2.45) is 11.3 Å². The van der Waals surface area contributed by atoms with Gasteiger partial charge in [-0.1, -0.05) is 0 Å². The van der Waals surface area contributed by atoms with Gasteiger partial charge in [0.05, 0.1) is 6.07 Å². The van der Waals surface area contributed by atoms with Gasteiger partial charge in [0.25, 0.3) is 0 Å². The predicted octanol–water partition coefficient (Wildman–Crippen LogP) is 1.09. The van der Waals surface area contributed by atoms with Crippen LogP contribution in [0.15, 0.2) is 0 Å². The maximum atomic E-state index is 11.0. The number of aliphatic carboxylic acids is 1. The average Bonchev–Trinajstić information content (AvgIpc) is 3.03. The van der Waals surface area contributed by atoms with Crippen molar-refractivity contribution in [2.45, 2.75) is 25.7 Å². The molecule has 4 heteroatoms. The first kappa shape index (κ1) is 10.4. The molecule has 0 atom stereocenters. The second-order valence-corrected chi connectivity index (χ2v) is 4.74. The fourth-order valence-corrected chi connectivity index (χ4v) is 2.16. The third-order valence-electron chi connectivity index (χ3n) is 3.55. The zero-order valence-electron chi connectivity index (χ0n) is 8.78. The highest BCUT2D eigenvalue weighted by Gasteiger charge is 2.42. The fourth-order valence-electron chi connectivity index (χ4n) is 2.16. The summed E-state index contributed by atoms with van der Waals surface area (Å²) in [5, 5.41) is 18.0. The maximum absolute atomic E-state index is 11.0. The van der Waals surface area contributed by atoms with E-state index in [0.29, 0.717) is 12.8 Å². The van der Waals surface area contributed by atoms with Crippen LogP contribution >= 0.6 is 0 Å². The van der Waals surface area contributed by atoms with Crippen molar-refractivity contribution >= 4 is 5.97 Å². The molecule has 1 heterocycles. The molecule has 0 aromatic rings. The minimum absolute atomic E-state index is 0.478. The van der Waals surface area contributed by atoms with E-state index < -0.39 is 11.4 Å². The van der Waals surface area contributed by atoms with Gasteiger partial charge >= 0.3 is 5.97 Å². The zero-order chi connectivity index (χ0) is 10.9. The Labute approximate surface area is 89.5 Å². The molecule has 1 saturated heterocycles. The Balaban J connectivity index is 1.89. The van der Waals surface area contributed by atoms with E-state index in [-0.39, 0.29) is 0 Å². The van der Waals surface area contributed by atoms with Crippen LogP contribution in [0.3, 0.4) is 0 Å². The molecule has 15 heavy (non-hydrogen) atoms. The van der Waals surface area contributed by atoms with Crippen molar-refractivity contribution in [3.8, 4) is 6.07 Å². The van der Waals surface area contributed by atoms with Gasteiger partial charge in [0.2, 0.25) is 0 Å². The third kappa shape index (κ3) is 2.13. The Morgan fingerprint density at radius 1 is 1.47 bits per heavy atom. The Bertz CT molecular complexity index is 296. The Morgan fingerprint density at radius 3 is 2.47 bits per heavy atom. The lowest BCUT2D eigenvalue weighted by Crippen LogP contribution is -2.44. The van der Waals surface area contributed by atoms with Crippen LogP contribution in [0.25, 0.3) is 0 Å². The van der Waals surface area contributed by atoms with E-state index in [0.717, 1.165) is 25.6 Å². The smallest absolute Gasteiger partial charge is 0.324 e. The molecule has 1 aliphatic carbocycles. The molecule has 82 valence electrons. The van der Waals surface area contributed by atoms with Crippen LogP contribution in [0.5, 0.6) is 0 Å². The van der Waals surface area contributed by atoms with Crippen LogP contribution in [0.1, 0.15) is 25.7 Å². The normalized spacial score (nSPS) is 25.8. The summed E-state index contributed by atoms with van der Waals surface area (Å²) in [5.41, 5.74) is -1.11. The predicted molar refractivity (Wildman–Crippen MR) is 54.1 cm³/mol. The van der Waals surface area contributed by atoms with Crippen molar-refractivity contribution in [2.75, 3.05) is 19.6 Å². The highest BCUT2D eigenvalue weighted by Crippen LogP contribution is 2.34. The van der Waals surface area contributed by atoms with E-state index in [1.165, 1.54) is 12.8 Å². The van der Waals surface area contributed by atoms with Crippen LogP contribution in [-0.4, -0.2) is 35.6 Å². The van der Waals surface area contributed by atoms with E-state index in [2.05, 4.69) is 4.90 Å². The van der Waals surface area contributed by atoms with Crippen LogP contribution < -0.4 is 0 Å². The first-order valence-corrected chi connectivity index (χ1v) is 5.53. The summed E-state index contributed by atoms with van der Waals surface area (Å²) >= 11 is 0. The molecular formula is C11H16N2O2. The maximum Gasteiger partial charge on any atom is 0.324 e. The zero-order valence-corrected chi connectivity index (χ0v) is 8.78. The monoisotopic (exact) mass is 208 g/mol. The summed E-state index contributed by atoms with van der Waals surface area (Å²) in [5.74, 6) is -0.111. The van der Waals surface area contributed by atoms with Gasteiger partial charge in [-0.15, -0.1) is 0 Å². The second kappa shape index (κ2) is 3.82. The standard InChI is InChI=1S/C11H16N2O2/c12-8-11(10(14)15)3-5-13(6-4-11)7-9-1-2-9/h9H,1-7H2,(H,14,15). The summed E-state index contributed by atoms with van der Waals surface area (Å²) in [6, 6.07) is 1.98. The number of nitrogens with zero attached hydrogens (tertiary/aromatic N) is 2. The van der Waals surface area contributed by atoms with Crippen molar-refractivity contribution in [3.05, 3.63) is 0 Å². The fraction of sp³-hybridized carbons (Fsp3) is 0.818. The summed E-state index contributed by atoms with van der Waals surface area (Å²) in [7, 11) is 0. The first-order chi connectivity index (χ1) is 7.16. The molecule has 0 aromatic heterocycles. The summed E-state index contributed by atoms with van der Waals surface area (Å²) in [6.45, 7) is 2.62. The quantitative estimate of drug-likeness (QED) is 0.754. The van der Waals surface area contributed by atoms with Crippen molar-refractivity contribution in [1.82, 2.24) is 4.90 Å². The van der Waals surface area contributed by atoms with E-state index in [9.17, 15) is 4.79 Å². The molecule has 0 aromatic carbocycles. The van der Waals surface area contributed by atoms with Crippen molar-refractivity contribution in [3.63, 3.8) is 0 Å². The van der Waals surface area contributed by atoms with Gasteiger partial charge in [-0.25, -0.2) is 0 Å². The second-order valence-electron chi connectivity index (χ2n) is 4.74. The lowest BCUT2D eigenvalue weighted by atomic mass is 9.80. The molecule has 0 amide bonds. The van der Waals surface area contributed by atoms with Crippen LogP contribution in [0.4, 0.5) is 0 Å². The minimum Gasteiger partial charge on any atom is -0.480 e. The van der Waals surface area contributed by atoms with E-state index >= 15 is 0 Å². The molecule has 0 bridgehead atoms. The number of hydrogen-bond acceptors (Lipinski definition) is 3. The van der Waals surface area contributed by atoms with Gasteiger partial charge in [-0.05, 0) is 31.6 Å². The molecule has 2 aliphatic rings. The van der Waals surface area contributed by atoms with E-state index in [4.69, 9.17) is 10.4 Å². The highest BCUT2D eigenvalue weighted by molar-refractivity contribution is 5.78. The molecule has 1 N–H and O–H groups in total. The summed E-state index contributed by atoms with van der Waals surface area (Å²) in [4.78, 5) is 13.3. The van der Waals surface area contributed by atoms with Crippen molar-refractivity contribution in [1.29, 1.82) is 5.26 Å². The number of carboxylic acids is 1. The number of carbonyl (C=O) groups is 1. The highest BCUT2D eigenvalue weighted by atomic mass is 16.4. The largest absolute Gasteiger partial charge is 0.480 e. The van der Waals surface area contributed by atoms with E-state index in [1.54, 1.807) is 0 Å². The Morgan fingerprint density at radius 2 is 2.07 bits per heavy atom. The summed E-state index contributed by atoms with van der Waals surface area (Å²) in [6.07, 6.45) is 3.59. The number of hydrogen-bond donors (Lipinski definition) is 1. The third-order valence-corrected chi connectivity index (χ3v) is 3.55. The number of piperidine rings is 1. The molecule has 0 unspecified atom stereocenters. The average molecular weight is 208 g/mol. The van der Waals surface area contributed by atoms with Crippen LogP contribution in [0.2, 0.25) is 0 Å². The molecule has 2 fully saturated rings. The molecule has 1 aliphatic heterocycles. The van der Waals surface area contributed by atoms with Gasteiger partial charge in [0.15, 0.2) is 5.41 Å². The van der Waals surface area contributed by atoms with Crippen molar-refractivity contribution < 1.29 is 9.90 Å². The van der Waals surface area contributed by atoms with Gasteiger partial charge in [-0.3, -0.25) is 4.79 Å². The van der Waals surface area contributed by atoms with Crippen LogP contribution in [0, 0.1) is 22.7 Å². The number of carboxylic acid groups (broad SMARTS) is 1. The topological polar surface area (TPSA) is 64.3 Å². The molecule has 1 saturated carbocycles. The number of nitriles is 1. The van der Waals surface area contributed by atoms with Gasteiger partial charge in [-0.2, -0.15) is 5.26 Å². The molecule has 4 nitrogen and oxygen atoms in total. The Kier molecular flexibility index (Phi) is 2.66. The van der Waals surface area contributed by atoms with Gasteiger partial charge < -0.3 is 10.0 Å². The lowest BCUT2D eigenvalue weighted by molar-refractivity contribution is -0.147. The molecule has 0 spiro atoms. The first-order valence-electron chi connectivity index (χ1n) is 5.53. The number of rotatable bonds is 3. The van der Waals surface area contributed by atoms with E-state index in [1.807, 2.05) is 6.07 Å².